The molecule has 0 amide bonds. The fourth-order valence-electron chi connectivity index (χ4n) is 2.66. The highest BCUT2D eigenvalue weighted by Gasteiger charge is 2.23. The maximum atomic E-state index is 5.40. The lowest BCUT2D eigenvalue weighted by Gasteiger charge is -2.14. The highest BCUT2D eigenvalue weighted by molar-refractivity contribution is 5.07. The second-order valence-corrected chi connectivity index (χ2v) is 4.94. The Morgan fingerprint density at radius 1 is 1.47 bits per heavy atom. The van der Waals surface area contributed by atoms with E-state index in [4.69, 9.17) is 4.74 Å². The van der Waals surface area contributed by atoms with Gasteiger partial charge in [-0.2, -0.15) is 0 Å². The van der Waals surface area contributed by atoms with Crippen molar-refractivity contribution in [2.75, 3.05) is 7.11 Å². The fourth-order valence-corrected chi connectivity index (χ4v) is 2.66. The average molecular weight is 236 g/mol. The molecule has 2 unspecified atom stereocenters. The van der Waals surface area contributed by atoms with Crippen molar-refractivity contribution in [2.45, 2.75) is 57.8 Å². The van der Waals surface area contributed by atoms with Gasteiger partial charge in [0, 0.05) is 38.1 Å². The second-order valence-electron chi connectivity index (χ2n) is 4.94. The molecule has 1 saturated carbocycles. The van der Waals surface area contributed by atoms with Crippen molar-refractivity contribution in [3.8, 4) is 0 Å². The Labute approximate surface area is 104 Å². The van der Waals surface area contributed by atoms with E-state index in [9.17, 15) is 0 Å². The first-order valence-electron chi connectivity index (χ1n) is 6.73. The lowest BCUT2D eigenvalue weighted by Crippen LogP contribution is -2.27. The third-order valence-electron chi connectivity index (χ3n) is 3.68. The van der Waals surface area contributed by atoms with Crippen LogP contribution < -0.4 is 5.32 Å². The van der Waals surface area contributed by atoms with E-state index >= 15 is 0 Å². The Bertz CT molecular complexity index is 335. The summed E-state index contributed by atoms with van der Waals surface area (Å²) in [5, 5.41) is 3.65. The molecule has 0 spiro atoms. The summed E-state index contributed by atoms with van der Waals surface area (Å²) in [7, 11) is 1.82. The largest absolute Gasteiger partial charge is 0.381 e. The first kappa shape index (κ1) is 12.7. The molecule has 2 rings (SSSR count). The number of hydrogen-bond donors (Lipinski definition) is 1. The van der Waals surface area contributed by atoms with Gasteiger partial charge in [-0.25, -0.2) is 0 Å². The van der Waals surface area contributed by atoms with E-state index in [1.54, 1.807) is 0 Å². The molecule has 2 atom stereocenters. The Kier molecular flexibility index (Phi) is 4.63. The minimum Gasteiger partial charge on any atom is -0.381 e. The number of nitrogens with one attached hydrogen (secondary N) is 1. The van der Waals surface area contributed by atoms with Crippen molar-refractivity contribution in [2.24, 2.45) is 0 Å². The van der Waals surface area contributed by atoms with Gasteiger partial charge in [-0.3, -0.25) is 0 Å². The summed E-state index contributed by atoms with van der Waals surface area (Å²) in [4.78, 5) is 0. The first-order chi connectivity index (χ1) is 8.33. The minimum absolute atomic E-state index is 0.468. The number of rotatable bonds is 6. The van der Waals surface area contributed by atoms with Crippen molar-refractivity contribution >= 4 is 0 Å². The van der Waals surface area contributed by atoms with E-state index in [1.165, 1.54) is 25.0 Å². The predicted molar refractivity (Wildman–Crippen MR) is 70.0 cm³/mol. The first-order valence-corrected chi connectivity index (χ1v) is 6.73. The monoisotopic (exact) mass is 236 g/mol. The molecule has 0 aliphatic heterocycles. The van der Waals surface area contributed by atoms with Crippen LogP contribution in [-0.4, -0.2) is 23.8 Å². The van der Waals surface area contributed by atoms with Crippen molar-refractivity contribution in [3.05, 3.63) is 24.0 Å². The lowest BCUT2D eigenvalue weighted by atomic mass is 10.2. The van der Waals surface area contributed by atoms with Crippen LogP contribution in [0, 0.1) is 0 Å². The molecular weight excluding hydrogens is 212 g/mol. The Hall–Kier alpha value is -0.800. The lowest BCUT2D eigenvalue weighted by molar-refractivity contribution is 0.107. The van der Waals surface area contributed by atoms with Crippen LogP contribution in [0.2, 0.25) is 0 Å². The van der Waals surface area contributed by atoms with Crippen LogP contribution in [0.25, 0.3) is 0 Å². The molecule has 96 valence electrons. The van der Waals surface area contributed by atoms with Gasteiger partial charge in [-0.05, 0) is 37.8 Å². The Morgan fingerprint density at radius 2 is 2.35 bits per heavy atom. The number of aryl methyl sites for hydroxylation is 1. The number of nitrogens with zero attached hydrogens (tertiary/aromatic N) is 1. The SMILES string of the molecule is CCCn1cccc1CNC1CCC(OC)C1. The molecular formula is C14H24N2O. The molecule has 0 bridgehead atoms. The van der Waals surface area contributed by atoms with Crippen LogP contribution in [0.5, 0.6) is 0 Å². The van der Waals surface area contributed by atoms with Crippen LogP contribution >= 0.6 is 0 Å². The van der Waals surface area contributed by atoms with Gasteiger partial charge < -0.3 is 14.6 Å². The molecule has 0 aromatic carbocycles. The summed E-state index contributed by atoms with van der Waals surface area (Å²) >= 11 is 0. The number of ether oxygens (including phenoxy) is 1. The normalized spacial score (nSPS) is 24.4. The van der Waals surface area contributed by atoms with E-state index in [2.05, 4.69) is 35.1 Å². The van der Waals surface area contributed by atoms with Crippen molar-refractivity contribution in [1.82, 2.24) is 9.88 Å². The Balaban J connectivity index is 1.79. The molecule has 3 nitrogen and oxygen atoms in total. The summed E-state index contributed by atoms with van der Waals surface area (Å²) in [6, 6.07) is 4.98. The number of aromatic nitrogens is 1. The van der Waals surface area contributed by atoms with Gasteiger partial charge in [-0.1, -0.05) is 6.92 Å². The van der Waals surface area contributed by atoms with Crippen molar-refractivity contribution < 1.29 is 4.74 Å². The molecule has 0 saturated heterocycles. The molecule has 1 heterocycles. The van der Waals surface area contributed by atoms with Gasteiger partial charge >= 0.3 is 0 Å². The summed E-state index contributed by atoms with van der Waals surface area (Å²) < 4.78 is 7.74. The Morgan fingerprint density at radius 3 is 3.06 bits per heavy atom. The molecule has 0 radical (unpaired) electrons. The van der Waals surface area contributed by atoms with Crippen molar-refractivity contribution in [3.63, 3.8) is 0 Å². The molecule has 1 aromatic rings. The van der Waals surface area contributed by atoms with Gasteiger partial charge in [0.2, 0.25) is 0 Å². The van der Waals surface area contributed by atoms with Crippen molar-refractivity contribution in [1.29, 1.82) is 0 Å². The third kappa shape index (κ3) is 3.33. The zero-order valence-corrected chi connectivity index (χ0v) is 11.0. The van der Waals surface area contributed by atoms with Crippen LogP contribution in [0.3, 0.4) is 0 Å². The fraction of sp³-hybridized carbons (Fsp3) is 0.714. The molecule has 1 N–H and O–H groups in total. The average Bonchev–Trinajstić information content (AvgIpc) is 2.95. The van der Waals surface area contributed by atoms with Crippen LogP contribution in [0.4, 0.5) is 0 Å². The van der Waals surface area contributed by atoms with E-state index in [1.807, 2.05) is 7.11 Å². The predicted octanol–water partition coefficient (Wildman–Crippen LogP) is 2.56. The maximum absolute atomic E-state index is 5.40. The van der Waals surface area contributed by atoms with Crippen LogP contribution in [0.1, 0.15) is 38.3 Å². The maximum Gasteiger partial charge on any atom is 0.0586 e. The standard InChI is InChI=1S/C14H24N2O/c1-3-8-16-9-4-5-13(16)11-15-12-6-7-14(10-12)17-2/h4-5,9,12,14-15H,3,6-8,10-11H2,1-2H3. The van der Waals surface area contributed by atoms with Gasteiger partial charge in [0.15, 0.2) is 0 Å². The number of methoxy groups -OCH3 is 1. The smallest absolute Gasteiger partial charge is 0.0586 e. The molecule has 1 aliphatic rings. The second kappa shape index (κ2) is 6.22. The van der Waals surface area contributed by atoms with Gasteiger partial charge in [-0.15, -0.1) is 0 Å². The van der Waals surface area contributed by atoms with E-state index in [0.717, 1.165) is 19.5 Å². The summed E-state index contributed by atoms with van der Waals surface area (Å²) in [6.45, 7) is 4.32. The van der Waals surface area contributed by atoms with Crippen LogP contribution in [0.15, 0.2) is 18.3 Å². The minimum atomic E-state index is 0.468. The van der Waals surface area contributed by atoms with E-state index < -0.39 is 0 Å². The molecule has 1 aliphatic carbocycles. The summed E-state index contributed by atoms with van der Waals surface area (Å²) in [5.41, 5.74) is 1.40. The van der Waals surface area contributed by atoms with Crippen LogP contribution in [-0.2, 0) is 17.8 Å². The van der Waals surface area contributed by atoms with Gasteiger partial charge in [0.25, 0.3) is 0 Å². The third-order valence-corrected chi connectivity index (χ3v) is 3.68. The zero-order chi connectivity index (χ0) is 12.1. The van der Waals surface area contributed by atoms with Gasteiger partial charge in [0.1, 0.15) is 0 Å². The topological polar surface area (TPSA) is 26.2 Å². The molecule has 17 heavy (non-hydrogen) atoms. The molecule has 3 heteroatoms. The molecule has 1 fully saturated rings. The molecule has 1 aromatic heterocycles. The number of hydrogen-bond acceptors (Lipinski definition) is 2. The highest BCUT2D eigenvalue weighted by atomic mass is 16.5. The quantitative estimate of drug-likeness (QED) is 0.821. The zero-order valence-electron chi connectivity index (χ0n) is 11.0. The summed E-state index contributed by atoms with van der Waals surface area (Å²) in [5.74, 6) is 0. The van der Waals surface area contributed by atoms with E-state index in [0.29, 0.717) is 12.1 Å². The van der Waals surface area contributed by atoms with Gasteiger partial charge in [0.05, 0.1) is 6.10 Å². The van der Waals surface area contributed by atoms with E-state index in [-0.39, 0.29) is 0 Å². The summed E-state index contributed by atoms with van der Waals surface area (Å²) in [6.07, 6.45) is 7.43. The highest BCUT2D eigenvalue weighted by Crippen LogP contribution is 2.21.